The van der Waals surface area contributed by atoms with Crippen LogP contribution in [0.2, 0.25) is 5.02 Å². The number of amides is 2. The molecule has 1 aromatic heterocycles. The fourth-order valence-corrected chi connectivity index (χ4v) is 7.46. The van der Waals surface area contributed by atoms with Gasteiger partial charge in [-0.15, -0.1) is 0 Å². The second kappa shape index (κ2) is 12.2. The molecular weight excluding hydrogens is 643 g/mol. The molecule has 2 fully saturated rings. The van der Waals surface area contributed by atoms with E-state index in [4.69, 9.17) is 26.3 Å². The van der Waals surface area contributed by atoms with Gasteiger partial charge in [0, 0.05) is 34.6 Å². The number of ether oxygens (including phenoxy) is 1. The van der Waals surface area contributed by atoms with Crippen molar-refractivity contribution in [1.82, 2.24) is 9.97 Å². The number of aromatic nitrogens is 2. The summed E-state index contributed by atoms with van der Waals surface area (Å²) in [6, 6.07) is 18.0. The van der Waals surface area contributed by atoms with Gasteiger partial charge in [-0.1, -0.05) is 11.6 Å². The average Bonchev–Trinajstić information content (AvgIpc) is 3.85. The van der Waals surface area contributed by atoms with E-state index in [1.54, 1.807) is 42.5 Å². The summed E-state index contributed by atoms with van der Waals surface area (Å²) >= 11 is 6.02. The van der Waals surface area contributed by atoms with Crippen LogP contribution in [-0.4, -0.2) is 50.2 Å². The van der Waals surface area contributed by atoms with Crippen molar-refractivity contribution >= 4 is 44.7 Å². The lowest BCUT2D eigenvalue weighted by Crippen LogP contribution is -2.44. The lowest BCUT2D eigenvalue weighted by Gasteiger charge is -2.34. The van der Waals surface area contributed by atoms with Crippen molar-refractivity contribution in [1.29, 1.82) is 0 Å². The number of hydrogen-bond donors (Lipinski definition) is 2. The molecule has 3 aromatic carbocycles. The molecule has 46 heavy (non-hydrogen) atoms. The highest BCUT2D eigenvalue weighted by Crippen LogP contribution is 2.55. The second-order valence-corrected chi connectivity index (χ2v) is 13.9. The maximum atomic E-state index is 13.9. The van der Waals surface area contributed by atoms with E-state index >= 15 is 0 Å². The molecule has 0 spiro atoms. The monoisotopic (exact) mass is 671 g/mol. The fraction of sp³-hybridized carbons (Fsp3) is 0.281. The Hall–Kier alpha value is -4.20. The molecule has 9 nitrogen and oxygen atoms in total. The van der Waals surface area contributed by atoms with Gasteiger partial charge in [0.15, 0.2) is 15.7 Å². The van der Waals surface area contributed by atoms with Gasteiger partial charge in [0.05, 0.1) is 35.4 Å². The summed E-state index contributed by atoms with van der Waals surface area (Å²) in [5.41, 5.74) is 0.786. The Labute approximate surface area is 268 Å². The highest BCUT2D eigenvalue weighted by Gasteiger charge is 2.58. The number of rotatable bonds is 7. The molecule has 0 bridgehead atoms. The number of nitrogens with zero attached hydrogens (tertiary/aromatic N) is 3. The highest BCUT2D eigenvalue weighted by atomic mass is 35.5. The Bertz CT molecular complexity index is 1850. The SMILES string of the molecule is C[C@H]1COCCN1c1cc(C2(S(=O)(=O)c3ccc(Cl)cc3)CC2)nc(-c2ccc(NC(=O)Nc3ccc(C(F)(F)F)cc3)cc2)n1. The summed E-state index contributed by atoms with van der Waals surface area (Å²) in [5.74, 6) is 0.913. The van der Waals surface area contributed by atoms with Gasteiger partial charge in [-0.2, -0.15) is 13.2 Å². The van der Waals surface area contributed by atoms with Crippen LogP contribution in [0.4, 0.5) is 35.2 Å². The van der Waals surface area contributed by atoms with Gasteiger partial charge < -0.3 is 20.3 Å². The van der Waals surface area contributed by atoms with Crippen LogP contribution in [0.5, 0.6) is 0 Å². The first-order chi connectivity index (χ1) is 21.9. The van der Waals surface area contributed by atoms with Crippen LogP contribution < -0.4 is 15.5 Å². The summed E-state index contributed by atoms with van der Waals surface area (Å²) in [7, 11) is -3.82. The number of urea groups is 1. The maximum absolute atomic E-state index is 13.9. The Morgan fingerprint density at radius 1 is 0.957 bits per heavy atom. The predicted molar refractivity (Wildman–Crippen MR) is 169 cm³/mol. The Balaban J connectivity index is 1.27. The maximum Gasteiger partial charge on any atom is 0.416 e. The van der Waals surface area contributed by atoms with E-state index in [1.807, 2.05) is 6.92 Å². The molecule has 2 amide bonds. The van der Waals surface area contributed by atoms with E-state index in [2.05, 4.69) is 15.5 Å². The standard InChI is InChI=1S/C32H29ClF3N5O4S/c1-20-19-45-17-16-41(20)28-18-27(31(14-15-31)46(43,44)26-12-6-23(33)7-13-26)39-29(40-28)21-2-8-24(9-3-21)37-30(42)38-25-10-4-22(5-11-25)32(34,35)36/h2-13,18,20H,14-17,19H2,1H3,(H2,37,38,42)/t20-/m0/s1. The van der Waals surface area contributed by atoms with E-state index in [0.29, 0.717) is 66.2 Å². The summed E-state index contributed by atoms with van der Waals surface area (Å²) in [5, 5.41) is 5.59. The number of carbonyl (C=O) groups is 1. The molecule has 1 saturated carbocycles. The lowest BCUT2D eigenvalue weighted by atomic mass is 10.1. The van der Waals surface area contributed by atoms with Crippen molar-refractivity contribution in [3.05, 3.63) is 95.1 Å². The molecule has 4 aromatic rings. The van der Waals surface area contributed by atoms with Crippen LogP contribution in [0, 0.1) is 0 Å². The normalized spacial score (nSPS) is 17.8. The molecule has 14 heteroatoms. The molecule has 2 heterocycles. The summed E-state index contributed by atoms with van der Waals surface area (Å²) in [6.45, 7) is 3.58. The Morgan fingerprint density at radius 2 is 1.57 bits per heavy atom. The van der Waals surface area contributed by atoms with Crippen LogP contribution in [0.1, 0.15) is 31.0 Å². The number of halogens is 4. The first-order valence-electron chi connectivity index (χ1n) is 14.5. The zero-order chi connectivity index (χ0) is 32.7. The highest BCUT2D eigenvalue weighted by molar-refractivity contribution is 7.92. The molecule has 0 radical (unpaired) electrons. The van der Waals surface area contributed by atoms with Gasteiger partial charge in [-0.3, -0.25) is 0 Å². The number of anilines is 3. The van der Waals surface area contributed by atoms with Crippen molar-refractivity contribution < 1.29 is 31.1 Å². The Kier molecular flexibility index (Phi) is 8.42. The van der Waals surface area contributed by atoms with Crippen LogP contribution in [-0.2, 0) is 25.5 Å². The van der Waals surface area contributed by atoms with Gasteiger partial charge in [-0.05, 0) is 92.6 Å². The van der Waals surface area contributed by atoms with Gasteiger partial charge in [-0.25, -0.2) is 23.2 Å². The van der Waals surface area contributed by atoms with E-state index < -0.39 is 32.4 Å². The molecule has 2 aliphatic rings. The zero-order valence-corrected chi connectivity index (χ0v) is 26.1. The number of nitrogens with one attached hydrogen (secondary N) is 2. The first-order valence-corrected chi connectivity index (χ1v) is 16.3. The van der Waals surface area contributed by atoms with Crippen LogP contribution in [0.3, 0.4) is 0 Å². The van der Waals surface area contributed by atoms with E-state index in [9.17, 15) is 26.4 Å². The second-order valence-electron chi connectivity index (χ2n) is 11.2. The third-order valence-electron chi connectivity index (χ3n) is 8.05. The van der Waals surface area contributed by atoms with Crippen molar-refractivity contribution in [2.24, 2.45) is 0 Å². The molecule has 1 saturated heterocycles. The number of morpholine rings is 1. The van der Waals surface area contributed by atoms with Gasteiger partial charge >= 0.3 is 12.2 Å². The number of sulfone groups is 1. The lowest BCUT2D eigenvalue weighted by molar-refractivity contribution is -0.137. The fourth-order valence-electron chi connectivity index (χ4n) is 5.37. The molecule has 1 atom stereocenters. The molecule has 6 rings (SSSR count). The average molecular weight is 672 g/mol. The predicted octanol–water partition coefficient (Wildman–Crippen LogP) is 7.15. The molecule has 1 aliphatic heterocycles. The van der Waals surface area contributed by atoms with Crippen molar-refractivity contribution in [3.8, 4) is 11.4 Å². The minimum atomic E-state index is -4.48. The van der Waals surface area contributed by atoms with Crippen molar-refractivity contribution in [3.63, 3.8) is 0 Å². The van der Waals surface area contributed by atoms with Gasteiger partial charge in [0.25, 0.3) is 0 Å². The largest absolute Gasteiger partial charge is 0.416 e. The third kappa shape index (κ3) is 6.39. The van der Waals surface area contributed by atoms with Crippen LogP contribution in [0.25, 0.3) is 11.4 Å². The van der Waals surface area contributed by atoms with Gasteiger partial charge in [0.2, 0.25) is 0 Å². The van der Waals surface area contributed by atoms with E-state index in [-0.39, 0.29) is 16.6 Å². The summed E-state index contributed by atoms with van der Waals surface area (Å²) < 4.78 is 70.8. The molecule has 1 aliphatic carbocycles. The Morgan fingerprint density at radius 3 is 2.13 bits per heavy atom. The zero-order valence-electron chi connectivity index (χ0n) is 24.5. The van der Waals surface area contributed by atoms with Crippen molar-refractivity contribution in [2.45, 2.75) is 41.6 Å². The topological polar surface area (TPSA) is 114 Å². The van der Waals surface area contributed by atoms with E-state index in [1.165, 1.54) is 24.3 Å². The van der Waals surface area contributed by atoms with Crippen LogP contribution in [0.15, 0.2) is 83.8 Å². The molecule has 240 valence electrons. The summed E-state index contributed by atoms with van der Waals surface area (Å²) in [4.78, 5) is 24.4. The minimum Gasteiger partial charge on any atom is -0.377 e. The molecular formula is C32H29ClF3N5O4S. The van der Waals surface area contributed by atoms with Gasteiger partial charge in [0.1, 0.15) is 10.6 Å². The number of benzene rings is 3. The minimum absolute atomic E-state index is 0.00197. The first kappa shape index (κ1) is 31.8. The smallest absolute Gasteiger partial charge is 0.377 e. The third-order valence-corrected chi connectivity index (χ3v) is 10.8. The van der Waals surface area contributed by atoms with Crippen molar-refractivity contribution in [2.75, 3.05) is 35.3 Å². The van der Waals surface area contributed by atoms with Crippen LogP contribution >= 0.6 is 11.6 Å². The number of alkyl halides is 3. The number of carbonyl (C=O) groups excluding carboxylic acids is 1. The molecule has 2 N–H and O–H groups in total. The van der Waals surface area contributed by atoms with E-state index in [0.717, 1.165) is 12.1 Å². The summed E-state index contributed by atoms with van der Waals surface area (Å²) in [6.07, 6.45) is -3.66. The number of hydrogen-bond acceptors (Lipinski definition) is 7. The quantitative estimate of drug-likeness (QED) is 0.215. The molecule has 0 unspecified atom stereocenters.